The number of aromatic nitrogens is 1. The van der Waals surface area contributed by atoms with Crippen LogP contribution in [0.4, 0.5) is 5.69 Å². The summed E-state index contributed by atoms with van der Waals surface area (Å²) in [6, 6.07) is 3.61. The fourth-order valence-electron chi connectivity index (χ4n) is 3.06. The van der Waals surface area contributed by atoms with Crippen molar-refractivity contribution in [1.29, 1.82) is 0 Å². The van der Waals surface area contributed by atoms with Gasteiger partial charge in [0.2, 0.25) is 11.8 Å². The zero-order chi connectivity index (χ0) is 16.3. The molecule has 1 saturated carbocycles. The summed E-state index contributed by atoms with van der Waals surface area (Å²) in [5.74, 6) is 1.30. The number of methoxy groups -OCH3 is 1. The van der Waals surface area contributed by atoms with Crippen LogP contribution in [-0.2, 0) is 9.53 Å². The summed E-state index contributed by atoms with van der Waals surface area (Å²) >= 11 is 0. The Bertz CT molecular complexity index is 473. The molecule has 2 rings (SSSR count). The van der Waals surface area contributed by atoms with Crippen molar-refractivity contribution in [2.24, 2.45) is 5.92 Å². The molecule has 1 amide bonds. The number of anilines is 1. The molecule has 0 aromatic carbocycles. The van der Waals surface area contributed by atoms with Gasteiger partial charge in [-0.2, -0.15) is 0 Å². The van der Waals surface area contributed by atoms with Crippen LogP contribution < -0.4 is 10.1 Å². The van der Waals surface area contributed by atoms with Gasteiger partial charge in [0.15, 0.2) is 0 Å². The van der Waals surface area contributed by atoms with Crippen LogP contribution in [0.3, 0.4) is 0 Å². The van der Waals surface area contributed by atoms with Gasteiger partial charge in [0, 0.05) is 19.7 Å². The van der Waals surface area contributed by atoms with Gasteiger partial charge in [0.05, 0.1) is 6.61 Å². The van der Waals surface area contributed by atoms with Crippen LogP contribution in [0.25, 0.3) is 0 Å². The minimum absolute atomic E-state index is 0.0328. The van der Waals surface area contributed by atoms with E-state index >= 15 is 0 Å². The van der Waals surface area contributed by atoms with Gasteiger partial charge < -0.3 is 14.8 Å². The Kier molecular flexibility index (Phi) is 7.87. The molecule has 0 atom stereocenters. The quantitative estimate of drug-likeness (QED) is 0.703. The first-order valence-electron chi connectivity index (χ1n) is 8.66. The van der Waals surface area contributed by atoms with E-state index in [0.717, 1.165) is 18.8 Å². The Morgan fingerprint density at radius 1 is 1.30 bits per heavy atom. The van der Waals surface area contributed by atoms with Gasteiger partial charge in [0.25, 0.3) is 0 Å². The number of nitrogens with one attached hydrogen (secondary N) is 1. The number of pyridine rings is 1. The molecule has 1 N–H and O–H groups in total. The van der Waals surface area contributed by atoms with Crippen LogP contribution in [0.15, 0.2) is 18.3 Å². The summed E-state index contributed by atoms with van der Waals surface area (Å²) in [5, 5.41) is 2.91. The van der Waals surface area contributed by atoms with Crippen LogP contribution in [0.2, 0.25) is 0 Å². The molecule has 1 aromatic heterocycles. The molecule has 1 aliphatic carbocycles. The van der Waals surface area contributed by atoms with Crippen molar-refractivity contribution in [3.8, 4) is 5.88 Å². The highest BCUT2D eigenvalue weighted by atomic mass is 16.5. The summed E-state index contributed by atoms with van der Waals surface area (Å²) in [6.07, 6.45) is 11.1. The molecule has 23 heavy (non-hydrogen) atoms. The standard InChI is InChI=1S/C18H28N2O3/c1-22-13-14-23-18-16(10-6-12-19-18)20-17(21)11-5-9-15-7-3-2-4-8-15/h6,10,12,15H,2-5,7-9,11,13-14H2,1H3,(H,20,21). The van der Waals surface area contributed by atoms with Crippen LogP contribution in [0.1, 0.15) is 51.4 Å². The number of hydrogen-bond donors (Lipinski definition) is 1. The Balaban J connectivity index is 1.73. The number of hydrogen-bond acceptors (Lipinski definition) is 4. The molecular weight excluding hydrogens is 292 g/mol. The third kappa shape index (κ3) is 6.57. The smallest absolute Gasteiger partial charge is 0.237 e. The molecule has 1 aromatic rings. The Morgan fingerprint density at radius 3 is 2.91 bits per heavy atom. The molecule has 128 valence electrons. The normalized spacial score (nSPS) is 15.3. The zero-order valence-electron chi connectivity index (χ0n) is 14.1. The molecule has 0 spiro atoms. The van der Waals surface area contributed by atoms with Crippen molar-refractivity contribution in [1.82, 2.24) is 4.98 Å². The van der Waals surface area contributed by atoms with Gasteiger partial charge in [-0.1, -0.05) is 32.1 Å². The largest absolute Gasteiger partial charge is 0.474 e. The highest BCUT2D eigenvalue weighted by molar-refractivity contribution is 5.91. The summed E-state index contributed by atoms with van der Waals surface area (Å²) in [6.45, 7) is 0.906. The van der Waals surface area contributed by atoms with Crippen LogP contribution in [-0.4, -0.2) is 31.2 Å². The second-order valence-electron chi connectivity index (χ2n) is 6.14. The number of carbonyl (C=O) groups is 1. The lowest BCUT2D eigenvalue weighted by Gasteiger charge is -2.21. The molecular formula is C18H28N2O3. The first-order valence-corrected chi connectivity index (χ1v) is 8.66. The highest BCUT2D eigenvalue weighted by Crippen LogP contribution is 2.28. The maximum atomic E-state index is 12.1. The summed E-state index contributed by atoms with van der Waals surface area (Å²) in [5.41, 5.74) is 0.631. The maximum absolute atomic E-state index is 12.1. The summed E-state index contributed by atoms with van der Waals surface area (Å²) in [4.78, 5) is 16.3. The van der Waals surface area contributed by atoms with E-state index in [-0.39, 0.29) is 5.91 Å². The van der Waals surface area contributed by atoms with Gasteiger partial charge in [-0.15, -0.1) is 0 Å². The van der Waals surface area contributed by atoms with Crippen molar-refractivity contribution in [3.63, 3.8) is 0 Å². The van der Waals surface area contributed by atoms with Crippen LogP contribution in [0.5, 0.6) is 5.88 Å². The van der Waals surface area contributed by atoms with Gasteiger partial charge in [-0.3, -0.25) is 4.79 Å². The van der Waals surface area contributed by atoms with E-state index in [9.17, 15) is 4.79 Å². The fraction of sp³-hybridized carbons (Fsp3) is 0.667. The van der Waals surface area contributed by atoms with Crippen LogP contribution >= 0.6 is 0 Å². The first kappa shape index (κ1) is 17.7. The third-order valence-electron chi connectivity index (χ3n) is 4.31. The monoisotopic (exact) mass is 320 g/mol. The fourth-order valence-corrected chi connectivity index (χ4v) is 3.06. The molecule has 5 heteroatoms. The van der Waals surface area contributed by atoms with E-state index in [0.29, 0.717) is 31.2 Å². The number of nitrogens with zero attached hydrogens (tertiary/aromatic N) is 1. The Morgan fingerprint density at radius 2 is 2.13 bits per heavy atom. The van der Waals surface area contributed by atoms with E-state index < -0.39 is 0 Å². The third-order valence-corrected chi connectivity index (χ3v) is 4.31. The predicted octanol–water partition coefficient (Wildman–Crippen LogP) is 3.80. The molecule has 0 radical (unpaired) electrons. The second kappa shape index (κ2) is 10.2. The van der Waals surface area contributed by atoms with Gasteiger partial charge in [-0.25, -0.2) is 4.98 Å². The lowest BCUT2D eigenvalue weighted by Crippen LogP contribution is -2.15. The van der Waals surface area contributed by atoms with E-state index in [2.05, 4.69) is 10.3 Å². The number of carbonyl (C=O) groups excluding carboxylic acids is 1. The van der Waals surface area contributed by atoms with E-state index in [1.54, 1.807) is 19.4 Å². The highest BCUT2D eigenvalue weighted by Gasteiger charge is 2.14. The molecule has 0 aliphatic heterocycles. The molecule has 1 aliphatic rings. The van der Waals surface area contributed by atoms with E-state index in [4.69, 9.17) is 9.47 Å². The minimum Gasteiger partial charge on any atom is -0.474 e. The molecule has 0 saturated heterocycles. The Labute approximate surface area is 138 Å². The SMILES string of the molecule is COCCOc1ncccc1NC(=O)CCCC1CCCCC1. The van der Waals surface area contributed by atoms with Gasteiger partial charge in [0.1, 0.15) is 12.3 Å². The number of rotatable bonds is 9. The second-order valence-corrected chi connectivity index (χ2v) is 6.14. The molecule has 0 unspecified atom stereocenters. The van der Waals surface area contributed by atoms with Gasteiger partial charge >= 0.3 is 0 Å². The predicted molar refractivity (Wildman–Crippen MR) is 90.7 cm³/mol. The van der Waals surface area contributed by atoms with Crippen LogP contribution in [0, 0.1) is 5.92 Å². The Hall–Kier alpha value is -1.62. The molecule has 0 bridgehead atoms. The summed E-state index contributed by atoms with van der Waals surface area (Å²) in [7, 11) is 1.62. The average Bonchev–Trinajstić information content (AvgIpc) is 2.57. The zero-order valence-corrected chi connectivity index (χ0v) is 14.1. The molecule has 5 nitrogen and oxygen atoms in total. The van der Waals surface area contributed by atoms with Crippen molar-refractivity contribution < 1.29 is 14.3 Å². The average molecular weight is 320 g/mol. The minimum atomic E-state index is 0.0328. The van der Waals surface area contributed by atoms with E-state index in [1.807, 2.05) is 6.07 Å². The van der Waals surface area contributed by atoms with Crippen molar-refractivity contribution >= 4 is 11.6 Å². The lowest BCUT2D eigenvalue weighted by molar-refractivity contribution is -0.116. The van der Waals surface area contributed by atoms with Crippen molar-refractivity contribution in [3.05, 3.63) is 18.3 Å². The lowest BCUT2D eigenvalue weighted by atomic mass is 9.86. The summed E-state index contributed by atoms with van der Waals surface area (Å²) < 4.78 is 10.5. The first-order chi connectivity index (χ1) is 11.3. The number of amides is 1. The molecule has 1 heterocycles. The van der Waals surface area contributed by atoms with Gasteiger partial charge in [-0.05, 0) is 30.9 Å². The van der Waals surface area contributed by atoms with E-state index in [1.165, 1.54) is 32.1 Å². The van der Waals surface area contributed by atoms with Crippen molar-refractivity contribution in [2.75, 3.05) is 25.6 Å². The molecule has 1 fully saturated rings. The number of ether oxygens (including phenoxy) is 2. The van der Waals surface area contributed by atoms with Crippen molar-refractivity contribution in [2.45, 2.75) is 51.4 Å². The maximum Gasteiger partial charge on any atom is 0.237 e. The topological polar surface area (TPSA) is 60.5 Å².